The number of fused-ring (bicyclic) bond motifs is 1. The maximum Gasteiger partial charge on any atom is 0.257 e. The van der Waals surface area contributed by atoms with Crippen molar-refractivity contribution < 1.29 is 9.53 Å². The summed E-state index contributed by atoms with van der Waals surface area (Å²) in [7, 11) is 1.55. The molecule has 1 N–H and O–H groups in total. The molecule has 0 saturated heterocycles. The highest BCUT2D eigenvalue weighted by Gasteiger charge is 2.34. The van der Waals surface area contributed by atoms with Gasteiger partial charge in [0, 0.05) is 41.0 Å². The number of aromatic amines is 1. The molecule has 2 aromatic heterocycles. The highest BCUT2D eigenvalue weighted by Crippen LogP contribution is 2.35. The predicted molar refractivity (Wildman–Crippen MR) is 141 cm³/mol. The van der Waals surface area contributed by atoms with Crippen LogP contribution in [0.25, 0.3) is 10.9 Å². The molecule has 0 saturated carbocycles. The summed E-state index contributed by atoms with van der Waals surface area (Å²) in [4.78, 5) is 33.7. The quantitative estimate of drug-likeness (QED) is 0.391. The van der Waals surface area contributed by atoms with E-state index in [0.717, 1.165) is 22.1 Å². The molecule has 0 spiro atoms. The van der Waals surface area contributed by atoms with Crippen LogP contribution in [0.2, 0.25) is 5.02 Å². The first-order valence-electron chi connectivity index (χ1n) is 11.8. The molecule has 0 aliphatic carbocycles. The van der Waals surface area contributed by atoms with E-state index in [1.165, 1.54) is 5.01 Å². The molecule has 1 aliphatic rings. The Labute approximate surface area is 213 Å². The SMILES string of the molecule is CCC(=O)N1N=C(c2c(Cc3ccccc3)c3cc(Cl)ccc3[nH]c2=O)CC1c1ccc(OC)nc1. The summed E-state index contributed by atoms with van der Waals surface area (Å²) in [6.45, 7) is 1.80. The first-order chi connectivity index (χ1) is 17.5. The summed E-state index contributed by atoms with van der Waals surface area (Å²) in [5, 5.41) is 7.62. The third-order valence-corrected chi connectivity index (χ3v) is 6.65. The zero-order valence-electron chi connectivity index (χ0n) is 20.0. The lowest BCUT2D eigenvalue weighted by molar-refractivity contribution is -0.132. The molecule has 2 aromatic carbocycles. The lowest BCUT2D eigenvalue weighted by Gasteiger charge is -2.21. The van der Waals surface area contributed by atoms with Gasteiger partial charge in [-0.25, -0.2) is 9.99 Å². The van der Waals surface area contributed by atoms with Gasteiger partial charge < -0.3 is 9.72 Å². The van der Waals surface area contributed by atoms with E-state index in [2.05, 4.69) is 9.97 Å². The normalized spacial score (nSPS) is 15.2. The number of H-pyrrole nitrogens is 1. The van der Waals surface area contributed by atoms with Crippen LogP contribution in [0, 0.1) is 0 Å². The first-order valence-corrected chi connectivity index (χ1v) is 12.1. The monoisotopic (exact) mass is 500 g/mol. The van der Waals surface area contributed by atoms with Crippen LogP contribution < -0.4 is 10.3 Å². The maximum atomic E-state index is 13.5. The Morgan fingerprint density at radius 3 is 2.67 bits per heavy atom. The van der Waals surface area contributed by atoms with Gasteiger partial charge in [0.1, 0.15) is 0 Å². The molecule has 1 unspecified atom stereocenters. The van der Waals surface area contributed by atoms with Crippen molar-refractivity contribution in [1.82, 2.24) is 15.0 Å². The van der Waals surface area contributed by atoms with Crippen molar-refractivity contribution in [3.05, 3.63) is 104 Å². The standard InChI is InChI=1S/C28H25ClN4O3/c1-3-26(34)33-24(18-9-12-25(36-2)30-16-18)15-23(32-33)27-21(13-17-7-5-4-6-8-17)20-14-19(29)10-11-22(20)31-28(27)35/h4-12,14,16,24H,3,13,15H2,1-2H3,(H,31,35). The number of nitrogens with zero attached hydrogens (tertiary/aromatic N) is 3. The summed E-state index contributed by atoms with van der Waals surface area (Å²) in [5.41, 5.74) is 4.21. The molecule has 4 aromatic rings. The highest BCUT2D eigenvalue weighted by atomic mass is 35.5. The van der Waals surface area contributed by atoms with Crippen LogP contribution in [0.1, 0.15) is 48.1 Å². The van der Waals surface area contributed by atoms with E-state index >= 15 is 0 Å². The largest absolute Gasteiger partial charge is 0.481 e. The summed E-state index contributed by atoms with van der Waals surface area (Å²) < 4.78 is 5.18. The number of carbonyl (C=O) groups excluding carboxylic acids is 1. The van der Waals surface area contributed by atoms with Gasteiger partial charge in [0.25, 0.3) is 5.56 Å². The van der Waals surface area contributed by atoms with Gasteiger partial charge in [-0.3, -0.25) is 9.59 Å². The Kier molecular flexibility index (Phi) is 6.57. The predicted octanol–water partition coefficient (Wildman–Crippen LogP) is 5.26. The zero-order chi connectivity index (χ0) is 25.2. The number of ether oxygens (including phenoxy) is 1. The Morgan fingerprint density at radius 1 is 1.17 bits per heavy atom. The number of nitrogens with one attached hydrogen (secondary N) is 1. The number of rotatable bonds is 6. The Morgan fingerprint density at radius 2 is 1.97 bits per heavy atom. The average molecular weight is 501 g/mol. The smallest absolute Gasteiger partial charge is 0.257 e. The number of hydrogen-bond donors (Lipinski definition) is 1. The minimum atomic E-state index is -0.370. The molecule has 0 radical (unpaired) electrons. The van der Waals surface area contributed by atoms with E-state index in [9.17, 15) is 9.59 Å². The van der Waals surface area contributed by atoms with Gasteiger partial charge in [0.15, 0.2) is 0 Å². The highest BCUT2D eigenvalue weighted by molar-refractivity contribution is 6.31. The molecule has 7 nitrogen and oxygen atoms in total. The number of hydrazone groups is 1. The molecular formula is C28H25ClN4O3. The number of pyridine rings is 2. The van der Waals surface area contributed by atoms with Crippen molar-refractivity contribution in [2.75, 3.05) is 7.11 Å². The third-order valence-electron chi connectivity index (χ3n) is 6.42. The van der Waals surface area contributed by atoms with Crippen LogP contribution in [0.4, 0.5) is 0 Å². The molecule has 5 rings (SSSR count). The molecule has 0 fully saturated rings. The number of aromatic nitrogens is 2. The van der Waals surface area contributed by atoms with Crippen molar-refractivity contribution in [3.8, 4) is 5.88 Å². The van der Waals surface area contributed by atoms with Crippen LogP contribution in [0.15, 0.2) is 76.8 Å². The van der Waals surface area contributed by atoms with Crippen molar-refractivity contribution in [2.24, 2.45) is 5.10 Å². The Balaban J connectivity index is 1.66. The topological polar surface area (TPSA) is 87.7 Å². The van der Waals surface area contributed by atoms with E-state index < -0.39 is 0 Å². The first kappa shape index (κ1) is 23.8. The zero-order valence-corrected chi connectivity index (χ0v) is 20.7. The van der Waals surface area contributed by atoms with Crippen molar-refractivity contribution in [1.29, 1.82) is 0 Å². The van der Waals surface area contributed by atoms with Crippen molar-refractivity contribution in [2.45, 2.75) is 32.2 Å². The minimum Gasteiger partial charge on any atom is -0.481 e. The van der Waals surface area contributed by atoms with Crippen LogP contribution in [-0.2, 0) is 11.2 Å². The van der Waals surface area contributed by atoms with Crippen LogP contribution in [-0.4, -0.2) is 33.7 Å². The van der Waals surface area contributed by atoms with Crippen molar-refractivity contribution in [3.63, 3.8) is 0 Å². The fraction of sp³-hybridized carbons (Fsp3) is 0.214. The van der Waals surface area contributed by atoms with E-state index in [0.29, 0.717) is 40.5 Å². The molecule has 3 heterocycles. The number of hydrogen-bond acceptors (Lipinski definition) is 5. The summed E-state index contributed by atoms with van der Waals surface area (Å²) >= 11 is 6.36. The van der Waals surface area contributed by atoms with E-state index in [4.69, 9.17) is 21.4 Å². The molecular weight excluding hydrogens is 476 g/mol. The van der Waals surface area contributed by atoms with Gasteiger partial charge in [0.2, 0.25) is 11.8 Å². The van der Waals surface area contributed by atoms with Gasteiger partial charge in [-0.2, -0.15) is 5.10 Å². The van der Waals surface area contributed by atoms with Crippen LogP contribution in [0.3, 0.4) is 0 Å². The second kappa shape index (κ2) is 9.95. The van der Waals surface area contributed by atoms with Crippen LogP contribution >= 0.6 is 11.6 Å². The summed E-state index contributed by atoms with van der Waals surface area (Å²) in [5.74, 6) is 0.356. The second-order valence-electron chi connectivity index (χ2n) is 8.65. The van der Waals surface area contributed by atoms with Crippen LogP contribution in [0.5, 0.6) is 5.88 Å². The molecule has 1 atom stereocenters. The average Bonchev–Trinajstić information content (AvgIpc) is 3.34. The number of methoxy groups -OCH3 is 1. The number of benzene rings is 2. The van der Waals surface area contributed by atoms with Gasteiger partial charge >= 0.3 is 0 Å². The molecule has 8 heteroatoms. The van der Waals surface area contributed by atoms with Gasteiger partial charge in [-0.05, 0) is 47.4 Å². The van der Waals surface area contributed by atoms with E-state index in [1.54, 1.807) is 32.4 Å². The number of carbonyl (C=O) groups is 1. The fourth-order valence-electron chi connectivity index (χ4n) is 4.64. The molecule has 36 heavy (non-hydrogen) atoms. The van der Waals surface area contributed by atoms with Gasteiger partial charge in [-0.15, -0.1) is 0 Å². The van der Waals surface area contributed by atoms with Crippen molar-refractivity contribution >= 4 is 34.1 Å². The lowest BCUT2D eigenvalue weighted by Crippen LogP contribution is -2.26. The third kappa shape index (κ3) is 4.50. The summed E-state index contributed by atoms with van der Waals surface area (Å²) in [6.07, 6.45) is 2.88. The molecule has 0 bridgehead atoms. The maximum absolute atomic E-state index is 13.5. The van der Waals surface area contributed by atoms with Gasteiger partial charge in [-0.1, -0.05) is 48.9 Å². The van der Waals surface area contributed by atoms with Gasteiger partial charge in [0.05, 0.1) is 24.4 Å². The second-order valence-corrected chi connectivity index (χ2v) is 9.09. The lowest BCUT2D eigenvalue weighted by atomic mass is 9.91. The van der Waals surface area contributed by atoms with E-state index in [-0.39, 0.29) is 23.9 Å². The fourth-order valence-corrected chi connectivity index (χ4v) is 4.82. The minimum absolute atomic E-state index is 0.129. The number of amides is 1. The Bertz CT molecular complexity index is 1510. The molecule has 182 valence electrons. The summed E-state index contributed by atoms with van der Waals surface area (Å²) in [6, 6.07) is 18.6. The molecule has 1 aliphatic heterocycles. The Hall–Kier alpha value is -3.97. The molecule has 1 amide bonds. The van der Waals surface area contributed by atoms with E-state index in [1.807, 2.05) is 48.5 Å². The number of halogens is 1.